The molecule has 2 aliphatic rings. The molecule has 9 heteroatoms. The summed E-state index contributed by atoms with van der Waals surface area (Å²) in [5.41, 5.74) is -1.18. The van der Waals surface area contributed by atoms with Crippen LogP contribution < -0.4 is 5.32 Å². The van der Waals surface area contributed by atoms with Crippen LogP contribution in [-0.2, 0) is 14.3 Å². The van der Waals surface area contributed by atoms with Gasteiger partial charge in [-0.25, -0.2) is 0 Å². The number of fused-ring (bicyclic) bond motifs is 2. The van der Waals surface area contributed by atoms with E-state index in [0.717, 1.165) is 0 Å². The van der Waals surface area contributed by atoms with Crippen LogP contribution in [0, 0.1) is 0 Å². The van der Waals surface area contributed by atoms with Gasteiger partial charge in [-0.2, -0.15) is 13.2 Å². The molecule has 0 aliphatic carbocycles. The Hall–Kier alpha value is -0.900. The van der Waals surface area contributed by atoms with Gasteiger partial charge < -0.3 is 25.0 Å². The van der Waals surface area contributed by atoms with Crippen LogP contribution in [0.5, 0.6) is 0 Å². The summed E-state index contributed by atoms with van der Waals surface area (Å²) >= 11 is 0. The summed E-state index contributed by atoms with van der Waals surface area (Å²) in [5.74, 6) is -2.22. The van der Waals surface area contributed by atoms with Crippen LogP contribution in [0.4, 0.5) is 13.2 Å². The first kappa shape index (κ1) is 13.5. The van der Waals surface area contributed by atoms with E-state index < -0.39 is 42.2 Å². The maximum absolute atomic E-state index is 12.1. The summed E-state index contributed by atoms with van der Waals surface area (Å²) in [5, 5.41) is 21.0. The Labute approximate surface area is 99.7 Å². The second-order valence-electron chi connectivity index (χ2n) is 4.54. The minimum atomic E-state index is -5.08. The molecule has 2 aliphatic heterocycles. The van der Waals surface area contributed by atoms with Crippen LogP contribution in [0.2, 0.25) is 0 Å². The summed E-state index contributed by atoms with van der Waals surface area (Å²) in [6.07, 6.45) is -9.33. The molecule has 0 aromatic heterocycles. The summed E-state index contributed by atoms with van der Waals surface area (Å²) in [7, 11) is 0. The maximum atomic E-state index is 12.1. The molecule has 2 fully saturated rings. The third kappa shape index (κ3) is 2.07. The molecular weight excluding hydrogens is 259 g/mol. The van der Waals surface area contributed by atoms with E-state index in [9.17, 15) is 28.2 Å². The molecule has 3 N–H and O–H groups in total. The van der Waals surface area contributed by atoms with Gasteiger partial charge in [0.05, 0.1) is 6.61 Å². The Balaban J connectivity index is 2.12. The van der Waals surface area contributed by atoms with Crippen molar-refractivity contribution in [2.45, 2.75) is 43.2 Å². The highest BCUT2D eigenvalue weighted by Gasteiger charge is 2.58. The molecule has 18 heavy (non-hydrogen) atoms. The molecule has 0 spiro atoms. The van der Waals surface area contributed by atoms with E-state index in [0.29, 0.717) is 0 Å². The molecule has 2 saturated heterocycles. The lowest BCUT2D eigenvalue weighted by molar-refractivity contribution is -0.223. The van der Waals surface area contributed by atoms with E-state index in [1.807, 2.05) is 0 Å². The Morgan fingerprint density at radius 3 is 2.61 bits per heavy atom. The normalized spacial score (nSPS) is 43.9. The average Bonchev–Trinajstić information content (AvgIpc) is 2.62. The number of rotatable bonds is 1. The third-order valence-corrected chi connectivity index (χ3v) is 3.09. The number of hydrogen-bond acceptors (Lipinski definition) is 5. The van der Waals surface area contributed by atoms with E-state index in [-0.39, 0.29) is 6.61 Å². The molecule has 2 bridgehead atoms. The van der Waals surface area contributed by atoms with Crippen LogP contribution in [-0.4, -0.2) is 59.0 Å². The van der Waals surface area contributed by atoms with Gasteiger partial charge >= 0.3 is 12.1 Å². The van der Waals surface area contributed by atoms with Crippen molar-refractivity contribution in [3.8, 4) is 0 Å². The van der Waals surface area contributed by atoms with Crippen molar-refractivity contribution in [2.75, 3.05) is 6.61 Å². The largest absolute Gasteiger partial charge is 0.471 e. The summed E-state index contributed by atoms with van der Waals surface area (Å²) in [6.45, 7) is 1.39. The van der Waals surface area contributed by atoms with Crippen molar-refractivity contribution in [3.63, 3.8) is 0 Å². The van der Waals surface area contributed by atoms with E-state index in [2.05, 4.69) is 0 Å². The zero-order valence-corrected chi connectivity index (χ0v) is 9.27. The number of amides is 1. The number of ether oxygens (including phenoxy) is 2. The van der Waals surface area contributed by atoms with Gasteiger partial charge in [0, 0.05) is 0 Å². The molecule has 0 aromatic rings. The van der Waals surface area contributed by atoms with E-state index >= 15 is 0 Å². The molecule has 6 nitrogen and oxygen atoms in total. The number of halogens is 3. The Morgan fingerprint density at radius 1 is 1.44 bits per heavy atom. The van der Waals surface area contributed by atoms with E-state index in [4.69, 9.17) is 9.47 Å². The number of alkyl halides is 3. The average molecular weight is 271 g/mol. The van der Waals surface area contributed by atoms with Crippen LogP contribution >= 0.6 is 0 Å². The zero-order chi connectivity index (χ0) is 13.7. The molecule has 1 amide bonds. The molecule has 0 radical (unpaired) electrons. The van der Waals surface area contributed by atoms with Gasteiger partial charge in [-0.1, -0.05) is 0 Å². The number of carbonyl (C=O) groups is 1. The minimum absolute atomic E-state index is 0.0751. The maximum Gasteiger partial charge on any atom is 0.471 e. The number of aliphatic hydroxyl groups is 2. The van der Waals surface area contributed by atoms with Crippen molar-refractivity contribution in [2.24, 2.45) is 0 Å². The lowest BCUT2D eigenvalue weighted by Crippen LogP contribution is -2.65. The number of hydrogen-bond donors (Lipinski definition) is 3. The highest BCUT2D eigenvalue weighted by atomic mass is 19.4. The van der Waals surface area contributed by atoms with Crippen molar-refractivity contribution in [1.82, 2.24) is 5.32 Å². The predicted molar refractivity (Wildman–Crippen MR) is 49.2 cm³/mol. The van der Waals surface area contributed by atoms with Crippen LogP contribution in [0.15, 0.2) is 0 Å². The smallest absolute Gasteiger partial charge is 0.388 e. The third-order valence-electron chi connectivity index (χ3n) is 3.09. The van der Waals surface area contributed by atoms with Crippen molar-refractivity contribution in [1.29, 1.82) is 0 Å². The van der Waals surface area contributed by atoms with Gasteiger partial charge in [-0.15, -0.1) is 0 Å². The van der Waals surface area contributed by atoms with E-state index in [1.54, 1.807) is 5.32 Å². The molecule has 5 atom stereocenters. The first-order valence-electron chi connectivity index (χ1n) is 5.18. The molecule has 0 aromatic carbocycles. The number of aliphatic hydroxyl groups excluding tert-OH is 2. The van der Waals surface area contributed by atoms with Crippen LogP contribution in [0.3, 0.4) is 0 Å². The SMILES string of the molecule is C[C@@]12CO[C@H](O1)[C@@H](NC(=O)C(F)(F)F)C(O)C2O. The second kappa shape index (κ2) is 4.05. The first-order valence-corrected chi connectivity index (χ1v) is 5.18. The number of nitrogens with one attached hydrogen (secondary N) is 1. The fourth-order valence-electron chi connectivity index (χ4n) is 2.02. The fraction of sp³-hybridized carbons (Fsp3) is 0.889. The molecular formula is C9H12F3NO5. The van der Waals surface area contributed by atoms with Gasteiger partial charge in [0.15, 0.2) is 6.29 Å². The standard InChI is InChI=1S/C9H12F3NO5/c1-8-2-17-6(18-8)3(4(14)5(8)15)13-7(16)9(10,11)12/h3-6,14-15H,2H2,1H3,(H,13,16)/t3-,4?,5?,6+,8-/m0/s1. The highest BCUT2D eigenvalue weighted by Crippen LogP contribution is 2.36. The van der Waals surface area contributed by atoms with Crippen LogP contribution in [0.1, 0.15) is 6.92 Å². The highest BCUT2D eigenvalue weighted by molar-refractivity contribution is 5.82. The fourth-order valence-corrected chi connectivity index (χ4v) is 2.02. The molecule has 2 heterocycles. The first-order chi connectivity index (χ1) is 8.15. The molecule has 2 unspecified atom stereocenters. The Bertz CT molecular complexity index is 363. The lowest BCUT2D eigenvalue weighted by atomic mass is 9.89. The Morgan fingerprint density at radius 2 is 2.06 bits per heavy atom. The lowest BCUT2D eigenvalue weighted by Gasteiger charge is -2.41. The summed E-state index contributed by atoms with van der Waals surface area (Å²) < 4.78 is 46.5. The summed E-state index contributed by atoms with van der Waals surface area (Å²) in [6, 6.07) is -1.47. The number of carbonyl (C=O) groups excluding carboxylic acids is 1. The monoisotopic (exact) mass is 271 g/mol. The second-order valence-corrected chi connectivity index (χ2v) is 4.54. The van der Waals surface area contributed by atoms with Gasteiger partial charge in [0.25, 0.3) is 0 Å². The van der Waals surface area contributed by atoms with E-state index in [1.165, 1.54) is 6.92 Å². The van der Waals surface area contributed by atoms with Crippen molar-refractivity contribution >= 4 is 5.91 Å². The summed E-state index contributed by atoms with van der Waals surface area (Å²) in [4.78, 5) is 10.8. The van der Waals surface area contributed by atoms with Gasteiger partial charge in [-0.05, 0) is 6.92 Å². The van der Waals surface area contributed by atoms with Gasteiger partial charge in [0.2, 0.25) is 0 Å². The molecule has 0 saturated carbocycles. The topological polar surface area (TPSA) is 88.0 Å². The van der Waals surface area contributed by atoms with Crippen molar-refractivity contribution < 1.29 is 37.7 Å². The minimum Gasteiger partial charge on any atom is -0.388 e. The molecule has 104 valence electrons. The molecule has 2 rings (SSSR count). The zero-order valence-electron chi connectivity index (χ0n) is 9.27. The van der Waals surface area contributed by atoms with Gasteiger partial charge in [0.1, 0.15) is 23.9 Å². The Kier molecular flexibility index (Phi) is 3.05. The van der Waals surface area contributed by atoms with Crippen LogP contribution in [0.25, 0.3) is 0 Å². The quantitative estimate of drug-likeness (QED) is 0.563. The predicted octanol–water partition coefficient (Wildman–Crippen LogP) is -1.10. The van der Waals surface area contributed by atoms with Crippen molar-refractivity contribution in [3.05, 3.63) is 0 Å². The van der Waals surface area contributed by atoms with Gasteiger partial charge in [-0.3, -0.25) is 4.79 Å².